The van der Waals surface area contributed by atoms with Gasteiger partial charge in [-0.25, -0.2) is 0 Å². The highest BCUT2D eigenvalue weighted by molar-refractivity contribution is 5.74. The Morgan fingerprint density at radius 2 is 2.12 bits per heavy atom. The fourth-order valence-corrected chi connectivity index (χ4v) is 1.58. The number of hydrogen-bond donors (Lipinski definition) is 0. The summed E-state index contributed by atoms with van der Waals surface area (Å²) in [5.74, 6) is -0.362. The molecule has 0 saturated heterocycles. The van der Waals surface area contributed by atoms with Crippen molar-refractivity contribution in [3.05, 3.63) is 35.9 Å². The largest absolute Gasteiger partial charge is 0.434 e. The number of allylic oxidation sites excluding steroid dienone is 1. The standard InChI is InChI=1S/C12H12N2O2/c1-8-7-12(16-9(2)15)14-13-11-6-4-3-5-10(8)11/h3-7,12H,1-2H3. The number of carbonyl (C=O) groups excluding carboxylic acids is 1. The molecule has 0 N–H and O–H groups in total. The van der Waals surface area contributed by atoms with E-state index < -0.39 is 6.23 Å². The molecule has 0 radical (unpaired) electrons. The third-order valence-corrected chi connectivity index (χ3v) is 2.29. The molecular formula is C12H12N2O2. The summed E-state index contributed by atoms with van der Waals surface area (Å²) in [5, 5.41) is 8.03. The summed E-state index contributed by atoms with van der Waals surface area (Å²) in [4.78, 5) is 10.9. The van der Waals surface area contributed by atoms with Gasteiger partial charge in [0.15, 0.2) is 0 Å². The van der Waals surface area contributed by atoms with Gasteiger partial charge < -0.3 is 4.74 Å². The summed E-state index contributed by atoms with van der Waals surface area (Å²) >= 11 is 0. The molecule has 0 aliphatic carbocycles. The highest BCUT2D eigenvalue weighted by Crippen LogP contribution is 2.29. The molecule has 1 aliphatic rings. The first-order valence-electron chi connectivity index (χ1n) is 5.03. The van der Waals surface area contributed by atoms with E-state index >= 15 is 0 Å². The highest BCUT2D eigenvalue weighted by Gasteiger charge is 2.13. The van der Waals surface area contributed by atoms with Crippen molar-refractivity contribution >= 4 is 17.2 Å². The number of benzene rings is 1. The predicted octanol–water partition coefficient (Wildman–Crippen LogP) is 3.08. The number of azo groups is 1. The van der Waals surface area contributed by atoms with Crippen LogP contribution >= 0.6 is 0 Å². The Bertz CT molecular complexity index is 478. The van der Waals surface area contributed by atoms with Crippen LogP contribution in [0, 0.1) is 0 Å². The van der Waals surface area contributed by atoms with Gasteiger partial charge in [0.2, 0.25) is 6.23 Å². The van der Waals surface area contributed by atoms with Crippen molar-refractivity contribution < 1.29 is 9.53 Å². The van der Waals surface area contributed by atoms with E-state index in [2.05, 4.69) is 10.2 Å². The van der Waals surface area contributed by atoms with E-state index in [0.717, 1.165) is 16.8 Å². The number of rotatable bonds is 1. The second kappa shape index (κ2) is 4.26. The minimum Gasteiger partial charge on any atom is -0.434 e. The molecule has 1 unspecified atom stereocenters. The highest BCUT2D eigenvalue weighted by atomic mass is 16.6. The van der Waals surface area contributed by atoms with Gasteiger partial charge in [0.25, 0.3) is 0 Å². The summed E-state index contributed by atoms with van der Waals surface area (Å²) in [6, 6.07) is 7.69. The molecule has 1 aromatic carbocycles. The molecule has 1 atom stereocenters. The quantitative estimate of drug-likeness (QED) is 0.677. The van der Waals surface area contributed by atoms with Gasteiger partial charge in [-0.2, -0.15) is 5.11 Å². The number of nitrogens with zero attached hydrogens (tertiary/aromatic N) is 2. The van der Waals surface area contributed by atoms with Crippen molar-refractivity contribution in [1.82, 2.24) is 0 Å². The molecule has 0 amide bonds. The minimum absolute atomic E-state index is 0.362. The van der Waals surface area contributed by atoms with Gasteiger partial charge in [-0.1, -0.05) is 18.2 Å². The normalized spacial score (nSPS) is 18.4. The van der Waals surface area contributed by atoms with Crippen LogP contribution in [0.15, 0.2) is 40.6 Å². The molecule has 16 heavy (non-hydrogen) atoms. The van der Waals surface area contributed by atoms with E-state index in [1.807, 2.05) is 31.2 Å². The van der Waals surface area contributed by atoms with E-state index in [-0.39, 0.29) is 5.97 Å². The SMILES string of the molecule is CC(=O)OC1C=C(C)c2ccccc2N=N1. The molecule has 1 heterocycles. The van der Waals surface area contributed by atoms with Gasteiger partial charge in [0, 0.05) is 12.5 Å². The first-order valence-corrected chi connectivity index (χ1v) is 5.03. The van der Waals surface area contributed by atoms with Crippen molar-refractivity contribution in [2.75, 3.05) is 0 Å². The summed E-state index contributed by atoms with van der Waals surface area (Å²) in [5.41, 5.74) is 2.82. The predicted molar refractivity (Wildman–Crippen MR) is 60.2 cm³/mol. The van der Waals surface area contributed by atoms with Gasteiger partial charge in [-0.3, -0.25) is 4.79 Å². The molecule has 0 bridgehead atoms. The molecule has 82 valence electrons. The molecule has 1 aliphatic heterocycles. The van der Waals surface area contributed by atoms with E-state index in [1.165, 1.54) is 6.92 Å². The van der Waals surface area contributed by atoms with Crippen molar-refractivity contribution in [2.24, 2.45) is 10.2 Å². The number of esters is 1. The monoisotopic (exact) mass is 216 g/mol. The maximum absolute atomic E-state index is 10.9. The summed E-state index contributed by atoms with van der Waals surface area (Å²) in [6.07, 6.45) is 1.17. The van der Waals surface area contributed by atoms with Crippen molar-refractivity contribution in [1.29, 1.82) is 0 Å². The van der Waals surface area contributed by atoms with Gasteiger partial charge >= 0.3 is 5.97 Å². The molecule has 1 aromatic rings. The van der Waals surface area contributed by atoms with Crippen LogP contribution in [0.3, 0.4) is 0 Å². The van der Waals surface area contributed by atoms with Gasteiger partial charge in [0.1, 0.15) is 0 Å². The molecule has 4 nitrogen and oxygen atoms in total. The lowest BCUT2D eigenvalue weighted by molar-refractivity contribution is -0.143. The van der Waals surface area contributed by atoms with Crippen LogP contribution in [-0.2, 0) is 9.53 Å². The van der Waals surface area contributed by atoms with E-state index in [4.69, 9.17) is 4.74 Å². The van der Waals surface area contributed by atoms with Crippen molar-refractivity contribution in [2.45, 2.75) is 20.1 Å². The Balaban J connectivity index is 2.36. The Morgan fingerprint density at radius 1 is 1.38 bits per heavy atom. The zero-order chi connectivity index (χ0) is 11.5. The fraction of sp³-hybridized carbons (Fsp3) is 0.250. The fourth-order valence-electron chi connectivity index (χ4n) is 1.58. The van der Waals surface area contributed by atoms with Crippen LogP contribution in [-0.4, -0.2) is 12.2 Å². The van der Waals surface area contributed by atoms with Crippen LogP contribution in [0.25, 0.3) is 5.57 Å². The van der Waals surface area contributed by atoms with Crippen LogP contribution in [0.4, 0.5) is 5.69 Å². The number of carbonyl (C=O) groups is 1. The first-order chi connectivity index (χ1) is 7.66. The molecular weight excluding hydrogens is 204 g/mol. The molecule has 4 heteroatoms. The molecule has 0 spiro atoms. The lowest BCUT2D eigenvalue weighted by atomic mass is 10.1. The average Bonchev–Trinajstić information content (AvgIpc) is 2.39. The van der Waals surface area contributed by atoms with Gasteiger partial charge in [-0.05, 0) is 24.6 Å². The maximum atomic E-state index is 10.9. The van der Waals surface area contributed by atoms with Crippen molar-refractivity contribution in [3.63, 3.8) is 0 Å². The second-order valence-corrected chi connectivity index (χ2v) is 3.58. The van der Waals surface area contributed by atoms with E-state index in [0.29, 0.717) is 0 Å². The topological polar surface area (TPSA) is 51.0 Å². The number of ether oxygens (including phenoxy) is 1. The van der Waals surface area contributed by atoms with Gasteiger partial charge in [0.05, 0.1) is 5.69 Å². The van der Waals surface area contributed by atoms with E-state index in [9.17, 15) is 4.79 Å². The lowest BCUT2D eigenvalue weighted by Crippen LogP contribution is -2.10. The first kappa shape index (κ1) is 10.5. The Morgan fingerprint density at radius 3 is 2.88 bits per heavy atom. The Labute approximate surface area is 93.6 Å². The molecule has 0 fully saturated rings. The summed E-state index contributed by atoms with van der Waals surface area (Å²) in [6.45, 7) is 3.31. The molecule has 0 aromatic heterocycles. The number of hydrogen-bond acceptors (Lipinski definition) is 4. The van der Waals surface area contributed by atoms with Crippen LogP contribution in [0.5, 0.6) is 0 Å². The number of fused-ring (bicyclic) bond motifs is 1. The Kier molecular flexibility index (Phi) is 2.81. The smallest absolute Gasteiger partial charge is 0.304 e. The Hall–Kier alpha value is -1.97. The van der Waals surface area contributed by atoms with E-state index in [1.54, 1.807) is 6.08 Å². The lowest BCUT2D eigenvalue weighted by Gasteiger charge is -2.05. The zero-order valence-electron chi connectivity index (χ0n) is 9.18. The average molecular weight is 216 g/mol. The summed E-state index contributed by atoms with van der Waals surface area (Å²) in [7, 11) is 0. The van der Waals surface area contributed by atoms with Crippen LogP contribution < -0.4 is 0 Å². The molecule has 2 rings (SSSR count). The van der Waals surface area contributed by atoms with Gasteiger partial charge in [-0.15, -0.1) is 5.11 Å². The van der Waals surface area contributed by atoms with Crippen LogP contribution in [0.1, 0.15) is 19.4 Å². The minimum atomic E-state index is -0.620. The summed E-state index contributed by atoms with van der Waals surface area (Å²) < 4.78 is 5.00. The maximum Gasteiger partial charge on any atom is 0.304 e. The second-order valence-electron chi connectivity index (χ2n) is 3.58. The molecule has 0 saturated carbocycles. The third kappa shape index (κ3) is 2.16. The van der Waals surface area contributed by atoms with Crippen LogP contribution in [0.2, 0.25) is 0 Å². The zero-order valence-corrected chi connectivity index (χ0v) is 9.18. The van der Waals surface area contributed by atoms with Crippen molar-refractivity contribution in [3.8, 4) is 0 Å². The third-order valence-electron chi connectivity index (χ3n) is 2.29.